The minimum atomic E-state index is -0.304. The molecule has 0 spiro atoms. The third kappa shape index (κ3) is 1.99. The van der Waals surface area contributed by atoms with Crippen molar-refractivity contribution in [1.82, 2.24) is 0 Å². The number of imide groups is 1. The van der Waals surface area contributed by atoms with Crippen LogP contribution in [0.15, 0.2) is 65.1 Å². The number of fused-ring (bicyclic) bond motifs is 1. The molecule has 0 atom stereocenters. The number of nitrogens with zero attached hydrogens (tertiary/aromatic N) is 1. The van der Waals surface area contributed by atoms with E-state index < -0.39 is 0 Å². The van der Waals surface area contributed by atoms with Crippen molar-refractivity contribution in [3.63, 3.8) is 0 Å². The summed E-state index contributed by atoms with van der Waals surface area (Å²) in [5.41, 5.74) is 2.12. The number of carbonyl (C=O) groups excluding carboxylic acids is 2. The summed E-state index contributed by atoms with van der Waals surface area (Å²) in [6, 6.07) is 17.8. The van der Waals surface area contributed by atoms with Crippen molar-refractivity contribution in [1.29, 1.82) is 0 Å². The molecule has 4 nitrogen and oxygen atoms in total. The van der Waals surface area contributed by atoms with E-state index in [9.17, 15) is 9.59 Å². The van der Waals surface area contributed by atoms with Gasteiger partial charge in [0.15, 0.2) is 0 Å². The zero-order chi connectivity index (χ0) is 16.0. The van der Waals surface area contributed by atoms with Gasteiger partial charge in [-0.15, -0.1) is 0 Å². The van der Waals surface area contributed by atoms with Crippen molar-refractivity contribution in [3.05, 3.63) is 77.6 Å². The number of aryl methyl sites for hydroxylation is 1. The highest BCUT2D eigenvalue weighted by Crippen LogP contribution is 2.36. The zero-order valence-corrected chi connectivity index (χ0v) is 12.4. The lowest BCUT2D eigenvalue weighted by molar-refractivity contribution is 0.0926. The molecule has 4 rings (SSSR count). The largest absolute Gasteiger partial charge is 0.461 e. The van der Waals surface area contributed by atoms with Gasteiger partial charge in [-0.05, 0) is 43.3 Å². The number of para-hydroxylation sites is 1. The van der Waals surface area contributed by atoms with Gasteiger partial charge in [0.1, 0.15) is 11.5 Å². The lowest BCUT2D eigenvalue weighted by Gasteiger charge is -2.17. The Bertz CT molecular complexity index is 904. The molecule has 0 saturated heterocycles. The maximum Gasteiger partial charge on any atom is 0.266 e. The SMILES string of the molecule is Cc1ccc(-c2ccccc2N2C(=O)c3ccccc3C2=O)o1. The number of rotatable bonds is 2. The van der Waals surface area contributed by atoms with Crippen LogP contribution in [0.1, 0.15) is 26.5 Å². The molecule has 2 heterocycles. The monoisotopic (exact) mass is 303 g/mol. The van der Waals surface area contributed by atoms with E-state index in [2.05, 4.69) is 0 Å². The van der Waals surface area contributed by atoms with Crippen molar-refractivity contribution in [2.75, 3.05) is 4.90 Å². The van der Waals surface area contributed by atoms with E-state index in [-0.39, 0.29) is 11.8 Å². The first-order chi connectivity index (χ1) is 11.2. The Hall–Kier alpha value is -3.14. The fourth-order valence-electron chi connectivity index (χ4n) is 2.86. The van der Waals surface area contributed by atoms with Gasteiger partial charge in [0.25, 0.3) is 11.8 Å². The summed E-state index contributed by atoms with van der Waals surface area (Å²) < 4.78 is 5.67. The molecule has 23 heavy (non-hydrogen) atoms. The van der Waals surface area contributed by atoms with E-state index in [1.807, 2.05) is 31.2 Å². The van der Waals surface area contributed by atoms with E-state index in [1.54, 1.807) is 36.4 Å². The standard InChI is InChI=1S/C19H13NO3/c1-12-10-11-17(23-12)15-8-4-5-9-16(15)20-18(21)13-6-2-3-7-14(13)19(20)22/h2-11H,1H3. The summed E-state index contributed by atoms with van der Waals surface area (Å²) in [5.74, 6) is 0.800. The van der Waals surface area contributed by atoms with Crippen LogP contribution >= 0.6 is 0 Å². The molecule has 112 valence electrons. The Labute approximate surface area is 133 Å². The highest BCUT2D eigenvalue weighted by Gasteiger charge is 2.37. The molecule has 0 radical (unpaired) electrons. The predicted octanol–water partition coefficient (Wildman–Crippen LogP) is 4.06. The van der Waals surface area contributed by atoms with Crippen LogP contribution in [0.3, 0.4) is 0 Å². The summed E-state index contributed by atoms with van der Waals surface area (Å²) in [5, 5.41) is 0. The minimum Gasteiger partial charge on any atom is -0.461 e. The van der Waals surface area contributed by atoms with Crippen molar-refractivity contribution in [3.8, 4) is 11.3 Å². The molecule has 2 amide bonds. The predicted molar refractivity (Wildman–Crippen MR) is 86.5 cm³/mol. The van der Waals surface area contributed by atoms with E-state index in [0.717, 1.165) is 11.3 Å². The smallest absolute Gasteiger partial charge is 0.266 e. The van der Waals surface area contributed by atoms with Crippen LogP contribution in [0.2, 0.25) is 0 Å². The highest BCUT2D eigenvalue weighted by molar-refractivity contribution is 6.35. The topological polar surface area (TPSA) is 50.5 Å². The molecule has 1 aromatic heterocycles. The van der Waals surface area contributed by atoms with Gasteiger partial charge in [-0.1, -0.05) is 24.3 Å². The number of furan rings is 1. The number of amides is 2. The summed E-state index contributed by atoms with van der Waals surface area (Å²) in [6.07, 6.45) is 0. The fraction of sp³-hybridized carbons (Fsp3) is 0.0526. The molecular formula is C19H13NO3. The van der Waals surface area contributed by atoms with Gasteiger partial charge in [-0.2, -0.15) is 0 Å². The second kappa shape index (κ2) is 4.95. The van der Waals surface area contributed by atoms with Gasteiger partial charge in [0.05, 0.1) is 16.8 Å². The molecule has 0 fully saturated rings. The van der Waals surface area contributed by atoms with Gasteiger partial charge < -0.3 is 4.42 Å². The molecule has 1 aliphatic heterocycles. The first-order valence-electron chi connectivity index (χ1n) is 7.30. The van der Waals surface area contributed by atoms with Gasteiger partial charge in [-0.25, -0.2) is 4.90 Å². The number of hydrogen-bond acceptors (Lipinski definition) is 3. The molecule has 0 saturated carbocycles. The molecule has 2 aromatic carbocycles. The molecule has 3 aromatic rings. The fourth-order valence-corrected chi connectivity index (χ4v) is 2.86. The summed E-state index contributed by atoms with van der Waals surface area (Å²) >= 11 is 0. The van der Waals surface area contributed by atoms with E-state index >= 15 is 0 Å². The Morgan fingerprint density at radius 2 is 1.30 bits per heavy atom. The summed E-state index contributed by atoms with van der Waals surface area (Å²) in [4.78, 5) is 26.6. The lowest BCUT2D eigenvalue weighted by atomic mass is 10.1. The normalized spacial score (nSPS) is 13.5. The van der Waals surface area contributed by atoms with Crippen LogP contribution in [0.4, 0.5) is 5.69 Å². The Balaban J connectivity index is 1.87. The third-order valence-electron chi connectivity index (χ3n) is 3.94. The van der Waals surface area contributed by atoms with Crippen LogP contribution in [-0.2, 0) is 0 Å². The van der Waals surface area contributed by atoms with Crippen LogP contribution in [-0.4, -0.2) is 11.8 Å². The second-order valence-corrected chi connectivity index (χ2v) is 5.42. The zero-order valence-electron chi connectivity index (χ0n) is 12.4. The number of carbonyl (C=O) groups is 2. The number of anilines is 1. The number of hydrogen-bond donors (Lipinski definition) is 0. The highest BCUT2D eigenvalue weighted by atomic mass is 16.3. The molecule has 0 aliphatic carbocycles. The average Bonchev–Trinajstić information content (AvgIpc) is 3.11. The third-order valence-corrected chi connectivity index (χ3v) is 3.94. The van der Waals surface area contributed by atoms with Crippen molar-refractivity contribution >= 4 is 17.5 Å². The summed E-state index contributed by atoms with van der Waals surface area (Å²) in [7, 11) is 0. The van der Waals surface area contributed by atoms with Crippen LogP contribution in [0.5, 0.6) is 0 Å². The summed E-state index contributed by atoms with van der Waals surface area (Å²) in [6.45, 7) is 1.86. The first-order valence-corrected chi connectivity index (χ1v) is 7.30. The van der Waals surface area contributed by atoms with Crippen molar-refractivity contribution in [2.45, 2.75) is 6.92 Å². The maximum atomic E-state index is 12.7. The van der Waals surface area contributed by atoms with E-state index in [0.29, 0.717) is 22.6 Å². The maximum absolute atomic E-state index is 12.7. The Morgan fingerprint density at radius 1 is 0.739 bits per heavy atom. The van der Waals surface area contributed by atoms with E-state index in [4.69, 9.17) is 4.42 Å². The van der Waals surface area contributed by atoms with Crippen LogP contribution < -0.4 is 4.90 Å². The molecule has 0 N–H and O–H groups in total. The van der Waals surface area contributed by atoms with Crippen molar-refractivity contribution < 1.29 is 14.0 Å². The molecule has 0 unspecified atom stereocenters. The lowest BCUT2D eigenvalue weighted by Crippen LogP contribution is -2.29. The Kier molecular flexibility index (Phi) is 2.91. The first kappa shape index (κ1) is 13.5. The quantitative estimate of drug-likeness (QED) is 0.671. The molecular weight excluding hydrogens is 290 g/mol. The Morgan fingerprint density at radius 3 is 1.87 bits per heavy atom. The van der Waals surface area contributed by atoms with Gasteiger partial charge in [0.2, 0.25) is 0 Å². The molecule has 4 heteroatoms. The minimum absolute atomic E-state index is 0.304. The van der Waals surface area contributed by atoms with Crippen LogP contribution in [0, 0.1) is 6.92 Å². The van der Waals surface area contributed by atoms with Gasteiger partial charge in [0, 0.05) is 5.56 Å². The van der Waals surface area contributed by atoms with Gasteiger partial charge >= 0.3 is 0 Å². The number of benzene rings is 2. The van der Waals surface area contributed by atoms with Crippen LogP contribution in [0.25, 0.3) is 11.3 Å². The molecule has 0 bridgehead atoms. The van der Waals surface area contributed by atoms with Gasteiger partial charge in [-0.3, -0.25) is 9.59 Å². The molecule has 1 aliphatic rings. The van der Waals surface area contributed by atoms with E-state index in [1.165, 1.54) is 4.90 Å². The second-order valence-electron chi connectivity index (χ2n) is 5.42. The van der Waals surface area contributed by atoms with Crippen molar-refractivity contribution in [2.24, 2.45) is 0 Å². The average molecular weight is 303 g/mol.